The van der Waals surface area contributed by atoms with E-state index in [0.717, 1.165) is 11.1 Å². The fourth-order valence-electron chi connectivity index (χ4n) is 2.32. The molecule has 1 rings (SSSR count). The first kappa shape index (κ1) is 19.8. The van der Waals surface area contributed by atoms with Crippen LogP contribution in [-0.2, 0) is 11.1 Å². The van der Waals surface area contributed by atoms with Crippen molar-refractivity contribution >= 4 is 26.2 Å². The van der Waals surface area contributed by atoms with Gasteiger partial charge in [-0.05, 0) is 0 Å². The Hall–Kier alpha value is 0.779. The van der Waals surface area contributed by atoms with Crippen LogP contribution in [0.4, 0.5) is 0 Å². The topological polar surface area (TPSA) is 8.81 Å². The Balaban J connectivity index is 0.00000324. The van der Waals surface area contributed by atoms with Gasteiger partial charge in [-0.15, -0.1) is 0 Å². The summed E-state index contributed by atoms with van der Waals surface area (Å²) in [4.78, 5) is 0. The molecule has 0 bridgehead atoms. The fraction of sp³-hybridized carbons (Fsp3) is 0.786. The maximum absolute atomic E-state index is 7.06. The van der Waals surface area contributed by atoms with Gasteiger partial charge in [0, 0.05) is 0 Å². The van der Waals surface area contributed by atoms with E-state index >= 15 is 0 Å². The van der Waals surface area contributed by atoms with Gasteiger partial charge in [0.25, 0.3) is 0 Å². The summed E-state index contributed by atoms with van der Waals surface area (Å²) in [6.07, 6.45) is 11.7. The van der Waals surface area contributed by atoms with Crippen LogP contribution >= 0.6 is 8.92 Å². The summed E-state index contributed by atoms with van der Waals surface area (Å²) < 4.78 is 8.36. The number of aryl methyl sites for hydroxylation is 1. The SMILES string of the molecule is CCC[CH2][Sn]([Cl])([CH2]CCC)[CH2][n+]1ccn(CC)c1.[Br-]. The quantitative estimate of drug-likeness (QED) is 0.388. The van der Waals surface area contributed by atoms with Crippen LogP contribution in [0.5, 0.6) is 0 Å². The Morgan fingerprint density at radius 3 is 2.11 bits per heavy atom. The van der Waals surface area contributed by atoms with Crippen molar-refractivity contribution in [3.05, 3.63) is 18.7 Å². The van der Waals surface area contributed by atoms with E-state index in [-0.39, 0.29) is 17.0 Å². The fourth-order valence-corrected chi connectivity index (χ4v) is 14.7. The van der Waals surface area contributed by atoms with Crippen molar-refractivity contribution in [1.82, 2.24) is 4.57 Å². The summed E-state index contributed by atoms with van der Waals surface area (Å²) in [6.45, 7) is 7.75. The van der Waals surface area contributed by atoms with Crippen LogP contribution in [0.3, 0.4) is 0 Å². The first-order valence-electron chi connectivity index (χ1n) is 7.37. The zero-order chi connectivity index (χ0) is 13.4. The summed E-state index contributed by atoms with van der Waals surface area (Å²) in [6, 6.07) is 0. The Morgan fingerprint density at radius 2 is 1.68 bits per heavy atom. The number of unbranched alkanes of at least 4 members (excludes halogenated alkanes) is 2. The average Bonchev–Trinajstić information content (AvgIpc) is 2.81. The summed E-state index contributed by atoms with van der Waals surface area (Å²) in [7, 11) is 7.06. The summed E-state index contributed by atoms with van der Waals surface area (Å²) >= 11 is -2.40. The normalized spacial score (nSPS) is 11.4. The van der Waals surface area contributed by atoms with Crippen molar-refractivity contribution < 1.29 is 21.5 Å². The third-order valence-electron chi connectivity index (χ3n) is 3.53. The second-order valence-electron chi connectivity index (χ2n) is 5.27. The number of rotatable bonds is 9. The Morgan fingerprint density at radius 1 is 1.11 bits per heavy atom. The van der Waals surface area contributed by atoms with Crippen molar-refractivity contribution in [1.29, 1.82) is 0 Å². The minimum atomic E-state index is -2.40. The van der Waals surface area contributed by atoms with Crippen LogP contribution in [0.15, 0.2) is 18.7 Å². The second kappa shape index (κ2) is 10.5. The average molecular weight is 458 g/mol. The van der Waals surface area contributed by atoms with Gasteiger partial charge in [0.2, 0.25) is 0 Å². The van der Waals surface area contributed by atoms with Gasteiger partial charge in [-0.2, -0.15) is 0 Å². The number of imidazole rings is 1. The summed E-state index contributed by atoms with van der Waals surface area (Å²) in [5.41, 5.74) is 0. The molecule has 0 unspecified atom stereocenters. The molecular formula is C14H28BrClN2Sn. The summed E-state index contributed by atoms with van der Waals surface area (Å²) in [5.74, 6) is 0. The van der Waals surface area contributed by atoms with Crippen LogP contribution in [0, 0.1) is 0 Å². The number of halogens is 2. The molecular weight excluding hydrogens is 430 g/mol. The van der Waals surface area contributed by atoms with Crippen molar-refractivity contribution in [2.75, 3.05) is 0 Å². The van der Waals surface area contributed by atoms with Gasteiger partial charge >= 0.3 is 120 Å². The molecule has 0 aromatic carbocycles. The van der Waals surface area contributed by atoms with E-state index in [1.54, 1.807) is 0 Å². The van der Waals surface area contributed by atoms with Crippen LogP contribution < -0.4 is 21.5 Å². The predicted molar refractivity (Wildman–Crippen MR) is 81.3 cm³/mol. The van der Waals surface area contributed by atoms with Crippen LogP contribution in [0.25, 0.3) is 0 Å². The molecule has 0 fully saturated rings. The molecule has 0 saturated heterocycles. The predicted octanol–water partition coefficient (Wildman–Crippen LogP) is 1.12. The number of hydrogen-bond donors (Lipinski definition) is 0. The zero-order valence-electron chi connectivity index (χ0n) is 12.5. The molecule has 1 aromatic heterocycles. The molecule has 0 saturated carbocycles. The van der Waals surface area contributed by atoms with Gasteiger partial charge in [-0.25, -0.2) is 0 Å². The maximum atomic E-state index is 7.06. The number of aromatic nitrogens is 2. The van der Waals surface area contributed by atoms with Gasteiger partial charge in [0.15, 0.2) is 0 Å². The Kier molecular flexibility index (Phi) is 10.9. The molecule has 0 aliphatic heterocycles. The molecule has 5 heteroatoms. The molecule has 0 aliphatic rings. The first-order chi connectivity index (χ1) is 8.63. The van der Waals surface area contributed by atoms with Gasteiger partial charge in [-0.3, -0.25) is 0 Å². The molecule has 0 radical (unpaired) electrons. The van der Waals surface area contributed by atoms with Crippen molar-refractivity contribution in [3.63, 3.8) is 0 Å². The van der Waals surface area contributed by atoms with Crippen molar-refractivity contribution in [2.24, 2.45) is 0 Å². The molecule has 0 spiro atoms. The van der Waals surface area contributed by atoms with Crippen LogP contribution in [0.2, 0.25) is 8.87 Å². The third-order valence-corrected chi connectivity index (χ3v) is 16.7. The van der Waals surface area contributed by atoms with Gasteiger partial charge < -0.3 is 17.0 Å². The third kappa shape index (κ3) is 7.37. The van der Waals surface area contributed by atoms with E-state index < -0.39 is 17.3 Å². The number of nitrogens with zero attached hydrogens (tertiary/aromatic N) is 2. The van der Waals surface area contributed by atoms with Crippen LogP contribution in [-0.4, -0.2) is 21.8 Å². The molecule has 1 heterocycles. The van der Waals surface area contributed by atoms with E-state index in [0.29, 0.717) is 0 Å². The van der Waals surface area contributed by atoms with E-state index in [2.05, 4.69) is 48.6 Å². The van der Waals surface area contributed by atoms with E-state index in [4.69, 9.17) is 8.92 Å². The van der Waals surface area contributed by atoms with Crippen molar-refractivity contribution in [2.45, 2.75) is 66.4 Å². The van der Waals surface area contributed by atoms with Gasteiger partial charge in [-0.1, -0.05) is 0 Å². The van der Waals surface area contributed by atoms with Crippen molar-refractivity contribution in [3.8, 4) is 0 Å². The molecule has 112 valence electrons. The molecule has 19 heavy (non-hydrogen) atoms. The van der Waals surface area contributed by atoms with E-state index in [1.165, 1.54) is 34.6 Å². The molecule has 1 aromatic rings. The number of hydrogen-bond acceptors (Lipinski definition) is 0. The monoisotopic (exact) mass is 458 g/mol. The standard InChI is InChI=1S/C6H10N2.2C4H9.BrH.ClH.Sn/c1-3-8-5-4-7(2)6-8;2*1-3-4-2;;;/h4-6H,2-3H2,1H3;2*1,3-4H2,2H3;2*1H;/q+1;;;;;+1/p-2. The molecule has 0 amide bonds. The minimum absolute atomic E-state index is 0. The minimum Gasteiger partial charge on any atom is -1.00 e. The molecule has 0 aliphatic carbocycles. The van der Waals surface area contributed by atoms with E-state index in [1.807, 2.05) is 0 Å². The Bertz CT molecular complexity index is 336. The smallest absolute Gasteiger partial charge is 1.00 e. The van der Waals surface area contributed by atoms with Crippen LogP contribution in [0.1, 0.15) is 46.5 Å². The first-order valence-corrected chi connectivity index (χ1v) is 17.0. The van der Waals surface area contributed by atoms with E-state index in [9.17, 15) is 0 Å². The summed E-state index contributed by atoms with van der Waals surface area (Å²) in [5, 5.41) is 0. The van der Waals surface area contributed by atoms with Gasteiger partial charge in [0.05, 0.1) is 0 Å². The Labute approximate surface area is 136 Å². The molecule has 0 atom stereocenters. The van der Waals surface area contributed by atoms with Gasteiger partial charge in [0.1, 0.15) is 0 Å². The largest absolute Gasteiger partial charge is 1.00 e. The maximum Gasteiger partial charge on any atom is -1.00 e. The second-order valence-corrected chi connectivity index (χ2v) is 21.0. The molecule has 0 N–H and O–H groups in total. The zero-order valence-corrected chi connectivity index (χ0v) is 17.7. The molecule has 2 nitrogen and oxygen atoms in total.